The Morgan fingerprint density at radius 1 is 1.38 bits per heavy atom. The molecule has 0 amide bonds. The van der Waals surface area contributed by atoms with E-state index in [0.717, 1.165) is 18.0 Å². The largest absolute Gasteiger partial charge is 0.481 e. The molecular weight excluding hydrogens is 295 g/mol. The highest BCUT2D eigenvalue weighted by atomic mass is 32.2. The molecule has 1 N–H and O–H groups in total. The highest BCUT2D eigenvalue weighted by molar-refractivity contribution is 7.99. The number of halogens is 1. The molecule has 0 radical (unpaired) electrons. The topological polar surface area (TPSA) is 80.9 Å². The van der Waals surface area contributed by atoms with Crippen LogP contribution >= 0.6 is 11.8 Å². The maximum absolute atomic E-state index is 13.3. The number of thioether (sulfide) groups is 1. The smallest absolute Gasteiger partial charge is 0.313 e. The van der Waals surface area contributed by atoms with Crippen LogP contribution in [0.5, 0.6) is 0 Å². The lowest BCUT2D eigenvalue weighted by Crippen LogP contribution is -2.24. The van der Waals surface area contributed by atoms with E-state index in [1.165, 1.54) is 12.3 Å². The summed E-state index contributed by atoms with van der Waals surface area (Å²) >= 11 is 1.08. The van der Waals surface area contributed by atoms with E-state index in [2.05, 4.69) is 15.2 Å². The van der Waals surface area contributed by atoms with Gasteiger partial charge in [0, 0.05) is 17.3 Å². The van der Waals surface area contributed by atoms with Crippen LogP contribution < -0.4 is 0 Å². The predicted molar refractivity (Wildman–Crippen MR) is 76.6 cm³/mol. The molecule has 0 aliphatic carbocycles. The molecule has 21 heavy (non-hydrogen) atoms. The summed E-state index contributed by atoms with van der Waals surface area (Å²) in [4.78, 5) is 14.5. The minimum atomic E-state index is -0.933. The standard InChI is InChI=1S/C13H15FN4O2S/c1-13(2,3)18-11(8-4-9(14)6-15-5-8)16-17-12(18)21-7-10(19)20/h4-6H,7H2,1-3H3,(H,19,20). The minimum absolute atomic E-state index is 0.115. The molecule has 2 heterocycles. The van der Waals surface area contributed by atoms with Gasteiger partial charge in [-0.3, -0.25) is 14.3 Å². The summed E-state index contributed by atoms with van der Waals surface area (Å²) in [5.74, 6) is -1.05. The summed E-state index contributed by atoms with van der Waals surface area (Å²) in [6.45, 7) is 5.83. The molecule has 6 nitrogen and oxygen atoms in total. The van der Waals surface area contributed by atoms with Crippen LogP contribution in [-0.4, -0.2) is 36.6 Å². The van der Waals surface area contributed by atoms with Gasteiger partial charge in [-0.15, -0.1) is 10.2 Å². The van der Waals surface area contributed by atoms with Crippen LogP contribution in [0.4, 0.5) is 4.39 Å². The van der Waals surface area contributed by atoms with Crippen molar-refractivity contribution >= 4 is 17.7 Å². The van der Waals surface area contributed by atoms with Gasteiger partial charge in [-0.1, -0.05) is 11.8 Å². The van der Waals surface area contributed by atoms with Crippen molar-refractivity contribution in [2.45, 2.75) is 31.5 Å². The van der Waals surface area contributed by atoms with E-state index < -0.39 is 11.8 Å². The maximum atomic E-state index is 13.3. The third-order valence-electron chi connectivity index (χ3n) is 2.59. The van der Waals surface area contributed by atoms with Gasteiger partial charge in [-0.25, -0.2) is 4.39 Å². The predicted octanol–water partition coefficient (Wildman–Crippen LogP) is 2.41. The SMILES string of the molecule is CC(C)(C)n1c(SCC(=O)O)nnc1-c1cncc(F)c1. The zero-order valence-electron chi connectivity index (χ0n) is 11.9. The second-order valence-corrected chi connectivity index (χ2v) is 6.33. The van der Waals surface area contributed by atoms with Crippen LogP contribution in [0.15, 0.2) is 23.6 Å². The molecule has 0 bridgehead atoms. The van der Waals surface area contributed by atoms with Crippen LogP contribution in [0, 0.1) is 5.82 Å². The van der Waals surface area contributed by atoms with Crippen LogP contribution in [0.3, 0.4) is 0 Å². The van der Waals surface area contributed by atoms with Crippen molar-refractivity contribution in [2.75, 3.05) is 5.75 Å². The van der Waals surface area contributed by atoms with Crippen LogP contribution in [-0.2, 0) is 10.3 Å². The van der Waals surface area contributed by atoms with Crippen molar-refractivity contribution in [2.24, 2.45) is 0 Å². The monoisotopic (exact) mass is 310 g/mol. The van der Waals surface area contributed by atoms with Gasteiger partial charge in [0.15, 0.2) is 11.0 Å². The van der Waals surface area contributed by atoms with E-state index >= 15 is 0 Å². The number of hydrogen-bond donors (Lipinski definition) is 1. The van der Waals surface area contributed by atoms with E-state index in [0.29, 0.717) is 16.5 Å². The van der Waals surface area contributed by atoms with Crippen LogP contribution in [0.25, 0.3) is 11.4 Å². The lowest BCUT2D eigenvalue weighted by molar-refractivity contribution is -0.133. The molecule has 8 heteroatoms. The number of rotatable bonds is 4. The fourth-order valence-corrected chi connectivity index (χ4v) is 2.66. The molecule has 0 aliphatic rings. The summed E-state index contributed by atoms with van der Waals surface area (Å²) in [6, 6.07) is 1.32. The second kappa shape index (κ2) is 5.80. The molecule has 112 valence electrons. The maximum Gasteiger partial charge on any atom is 0.313 e. The summed E-state index contributed by atoms with van der Waals surface area (Å²) in [5, 5.41) is 17.4. The van der Waals surface area contributed by atoms with Crippen molar-refractivity contribution < 1.29 is 14.3 Å². The van der Waals surface area contributed by atoms with Gasteiger partial charge in [-0.05, 0) is 26.8 Å². The molecule has 0 atom stereocenters. The van der Waals surface area contributed by atoms with E-state index in [1.807, 2.05) is 20.8 Å². The number of carboxylic acid groups (broad SMARTS) is 1. The van der Waals surface area contributed by atoms with Gasteiger partial charge in [0.2, 0.25) is 0 Å². The molecule has 2 aromatic rings. The Morgan fingerprint density at radius 2 is 2.10 bits per heavy atom. The number of carboxylic acids is 1. The van der Waals surface area contributed by atoms with Crippen molar-refractivity contribution in [3.8, 4) is 11.4 Å². The summed E-state index contributed by atoms with van der Waals surface area (Å²) in [5.41, 5.74) is 0.117. The number of carbonyl (C=O) groups is 1. The highest BCUT2D eigenvalue weighted by Gasteiger charge is 2.25. The third kappa shape index (κ3) is 3.57. The molecule has 0 spiro atoms. The normalized spacial score (nSPS) is 11.6. The Hall–Kier alpha value is -1.96. The molecule has 0 aliphatic heterocycles. The zero-order chi connectivity index (χ0) is 15.6. The Kier molecular flexibility index (Phi) is 4.26. The molecule has 0 aromatic carbocycles. The first-order valence-electron chi connectivity index (χ1n) is 6.20. The molecule has 0 unspecified atom stereocenters. The second-order valence-electron chi connectivity index (χ2n) is 5.39. The number of nitrogens with zero attached hydrogens (tertiary/aromatic N) is 4. The number of pyridine rings is 1. The fraction of sp³-hybridized carbons (Fsp3) is 0.385. The average molecular weight is 310 g/mol. The van der Waals surface area contributed by atoms with E-state index in [1.54, 1.807) is 4.57 Å². The lowest BCUT2D eigenvalue weighted by Gasteiger charge is -2.24. The van der Waals surface area contributed by atoms with Crippen LogP contribution in [0.1, 0.15) is 20.8 Å². The molecular formula is C13H15FN4O2S. The summed E-state index contributed by atoms with van der Waals surface area (Å²) in [6.07, 6.45) is 2.61. The lowest BCUT2D eigenvalue weighted by atomic mass is 10.1. The van der Waals surface area contributed by atoms with Crippen molar-refractivity contribution in [1.29, 1.82) is 0 Å². The first kappa shape index (κ1) is 15.4. The summed E-state index contributed by atoms with van der Waals surface area (Å²) in [7, 11) is 0. The van der Waals surface area contributed by atoms with Crippen molar-refractivity contribution in [1.82, 2.24) is 19.7 Å². The number of hydrogen-bond acceptors (Lipinski definition) is 5. The number of aromatic nitrogens is 4. The quantitative estimate of drug-likeness (QED) is 0.873. The van der Waals surface area contributed by atoms with Gasteiger partial charge < -0.3 is 5.11 Å². The van der Waals surface area contributed by atoms with Gasteiger partial charge in [0.25, 0.3) is 0 Å². The average Bonchev–Trinajstić information content (AvgIpc) is 2.80. The molecule has 0 saturated carbocycles. The Bertz CT molecular complexity index is 666. The zero-order valence-corrected chi connectivity index (χ0v) is 12.7. The highest BCUT2D eigenvalue weighted by Crippen LogP contribution is 2.30. The number of aliphatic carboxylic acids is 1. The van der Waals surface area contributed by atoms with Crippen molar-refractivity contribution in [3.63, 3.8) is 0 Å². The Balaban J connectivity index is 2.49. The molecule has 0 fully saturated rings. The first-order chi connectivity index (χ1) is 9.79. The van der Waals surface area contributed by atoms with E-state index in [-0.39, 0.29) is 11.3 Å². The van der Waals surface area contributed by atoms with Gasteiger partial charge in [0.1, 0.15) is 5.82 Å². The van der Waals surface area contributed by atoms with Crippen molar-refractivity contribution in [3.05, 3.63) is 24.3 Å². The Morgan fingerprint density at radius 3 is 2.67 bits per heavy atom. The first-order valence-corrected chi connectivity index (χ1v) is 7.19. The Labute approximate surface area is 125 Å². The van der Waals surface area contributed by atoms with E-state index in [4.69, 9.17) is 5.11 Å². The van der Waals surface area contributed by atoms with Gasteiger partial charge in [0.05, 0.1) is 11.9 Å². The minimum Gasteiger partial charge on any atom is -0.481 e. The third-order valence-corrected chi connectivity index (χ3v) is 3.51. The van der Waals surface area contributed by atoms with Gasteiger partial charge >= 0.3 is 5.97 Å². The molecule has 2 aromatic heterocycles. The fourth-order valence-electron chi connectivity index (χ4n) is 1.82. The van der Waals surface area contributed by atoms with Gasteiger partial charge in [-0.2, -0.15) is 0 Å². The summed E-state index contributed by atoms with van der Waals surface area (Å²) < 4.78 is 15.1. The molecule has 0 saturated heterocycles. The van der Waals surface area contributed by atoms with E-state index in [9.17, 15) is 9.18 Å². The molecule has 2 rings (SSSR count). The van der Waals surface area contributed by atoms with Crippen LogP contribution in [0.2, 0.25) is 0 Å².